The van der Waals surface area contributed by atoms with E-state index in [1.165, 1.54) is 0 Å². The van der Waals surface area contributed by atoms with Gasteiger partial charge in [0.25, 0.3) is 6.29 Å². The maximum Gasteiger partial charge on any atom is 0.361 e. The first-order chi connectivity index (χ1) is 38.6. The van der Waals surface area contributed by atoms with Crippen molar-refractivity contribution in [1.82, 2.24) is 0 Å². The fourth-order valence-electron chi connectivity index (χ4n) is 7.38. The Labute approximate surface area is 482 Å². The minimum absolute atomic E-state index is 0.169. The molecular weight excluding hydrogens is 983 g/mol. The van der Waals surface area contributed by atoms with Crippen molar-refractivity contribution in [2.45, 2.75) is 206 Å². The van der Waals surface area contributed by atoms with Gasteiger partial charge in [-0.25, -0.2) is 4.79 Å². The summed E-state index contributed by atoms with van der Waals surface area (Å²) in [4.78, 5) is 37.5. The van der Waals surface area contributed by atoms with E-state index in [4.69, 9.17) is 18.9 Å². The molecule has 0 aromatic rings. The van der Waals surface area contributed by atoms with Gasteiger partial charge in [0.05, 0.1) is 34.4 Å². The highest BCUT2D eigenvalue weighted by Gasteiger charge is 2.25. The zero-order valence-corrected chi connectivity index (χ0v) is 50.2. The van der Waals surface area contributed by atoms with Crippen molar-refractivity contribution in [3.05, 3.63) is 170 Å². The van der Waals surface area contributed by atoms with Gasteiger partial charge in [-0.1, -0.05) is 223 Å². The number of nitrogens with zero attached hydrogens (tertiary/aromatic N) is 1. The van der Waals surface area contributed by atoms with Gasteiger partial charge in [0.1, 0.15) is 13.2 Å². The van der Waals surface area contributed by atoms with E-state index in [1.54, 1.807) is 0 Å². The molecule has 0 saturated carbocycles. The molecule has 9 heteroatoms. The van der Waals surface area contributed by atoms with E-state index in [1.807, 2.05) is 21.1 Å². The van der Waals surface area contributed by atoms with E-state index in [0.29, 0.717) is 23.9 Å². The Kier molecular flexibility index (Phi) is 54.8. The van der Waals surface area contributed by atoms with Crippen molar-refractivity contribution in [2.75, 3.05) is 47.5 Å². The van der Waals surface area contributed by atoms with Crippen molar-refractivity contribution < 1.29 is 42.9 Å². The number of carbonyl (C=O) groups is 3. The third kappa shape index (κ3) is 60.1. The molecule has 1 N–H and O–H groups in total. The molecule has 0 fully saturated rings. The average Bonchev–Trinajstić information content (AvgIpc) is 3.42. The van der Waals surface area contributed by atoms with Crippen LogP contribution in [0.15, 0.2) is 170 Å². The second-order valence-electron chi connectivity index (χ2n) is 20.5. The molecule has 0 saturated heterocycles. The van der Waals surface area contributed by atoms with Crippen molar-refractivity contribution in [3.63, 3.8) is 0 Å². The van der Waals surface area contributed by atoms with Crippen LogP contribution in [0.1, 0.15) is 194 Å². The Morgan fingerprint density at radius 2 is 0.684 bits per heavy atom. The van der Waals surface area contributed by atoms with Crippen LogP contribution < -0.4 is 0 Å². The summed E-state index contributed by atoms with van der Waals surface area (Å²) < 4.78 is 22.8. The number of carbonyl (C=O) groups excluding carboxylic acids is 2. The van der Waals surface area contributed by atoms with E-state index >= 15 is 0 Å². The number of esters is 2. The number of hydrogen-bond acceptors (Lipinski definition) is 7. The largest absolute Gasteiger partial charge is 0.477 e. The second-order valence-corrected chi connectivity index (χ2v) is 20.5. The standard InChI is InChI=1S/C70H109NO8/c1-6-8-10-12-14-16-18-20-22-24-26-28-29-30-31-32-33-34-35-36-37-38-39-41-43-45-47-49-51-53-55-57-59-61-68(73)79-66(65-78-70(69(74)75)76-63-62-71(3,4)5)64-77-67(72)60-58-56-54-52-50-48-46-44-42-40-27-25-23-21-19-17-15-13-11-9-7-2/h8-11,14-17,20-23,26-28,30-31,33-34,36-37,39-41,44-47,66,70H,6-7,12-13,18-19,24-25,29,32,35,38,42-43,48-65H2,1-5H3/p+1/b10-8-,11-9-,16-14-,17-15-,22-20-,23-21-,28-26-,31-30-,34-33-,37-36-,40-27-,41-39-,46-44-,47-45-. The summed E-state index contributed by atoms with van der Waals surface area (Å²) in [6.07, 6.45) is 85.7. The summed E-state index contributed by atoms with van der Waals surface area (Å²) in [6, 6.07) is 0. The minimum Gasteiger partial charge on any atom is -0.477 e. The molecule has 0 aliphatic carbocycles. The lowest BCUT2D eigenvalue weighted by Gasteiger charge is -2.25. The van der Waals surface area contributed by atoms with Crippen LogP contribution in [0.2, 0.25) is 0 Å². The molecule has 0 aliphatic heterocycles. The first-order valence-corrected chi connectivity index (χ1v) is 30.3. The molecule has 0 bridgehead atoms. The third-order valence-corrected chi connectivity index (χ3v) is 12.0. The summed E-state index contributed by atoms with van der Waals surface area (Å²) >= 11 is 0. The summed E-state index contributed by atoms with van der Waals surface area (Å²) in [5.41, 5.74) is 0. The van der Waals surface area contributed by atoms with Gasteiger partial charge in [-0.2, -0.15) is 0 Å². The van der Waals surface area contributed by atoms with Crippen LogP contribution in [0.3, 0.4) is 0 Å². The van der Waals surface area contributed by atoms with E-state index in [-0.39, 0.29) is 38.6 Å². The van der Waals surface area contributed by atoms with Crippen molar-refractivity contribution in [3.8, 4) is 0 Å². The van der Waals surface area contributed by atoms with Gasteiger partial charge in [-0.3, -0.25) is 9.59 Å². The van der Waals surface area contributed by atoms with Gasteiger partial charge in [0, 0.05) is 12.8 Å². The predicted molar refractivity (Wildman–Crippen MR) is 336 cm³/mol. The fourth-order valence-corrected chi connectivity index (χ4v) is 7.38. The van der Waals surface area contributed by atoms with Gasteiger partial charge < -0.3 is 28.5 Å². The van der Waals surface area contributed by atoms with Gasteiger partial charge in [-0.15, -0.1) is 0 Å². The molecule has 2 atom stereocenters. The molecule has 0 amide bonds. The highest BCUT2D eigenvalue weighted by molar-refractivity contribution is 5.71. The Hall–Kier alpha value is -5.35. The molecule has 0 radical (unpaired) electrons. The van der Waals surface area contributed by atoms with E-state index in [9.17, 15) is 19.5 Å². The molecule has 0 heterocycles. The Morgan fingerprint density at radius 3 is 1.01 bits per heavy atom. The van der Waals surface area contributed by atoms with Crippen LogP contribution in [-0.4, -0.2) is 87.4 Å². The van der Waals surface area contributed by atoms with Crippen LogP contribution in [0.25, 0.3) is 0 Å². The molecule has 0 rings (SSSR count). The Morgan fingerprint density at radius 1 is 0.380 bits per heavy atom. The van der Waals surface area contributed by atoms with Crippen molar-refractivity contribution >= 4 is 17.9 Å². The molecule has 0 spiro atoms. The summed E-state index contributed by atoms with van der Waals surface area (Å²) in [6.45, 7) is 4.57. The zero-order chi connectivity index (χ0) is 57.6. The maximum absolute atomic E-state index is 12.9. The number of hydrogen-bond donors (Lipinski definition) is 1. The fraction of sp³-hybridized carbons (Fsp3) is 0.557. The van der Waals surface area contributed by atoms with E-state index in [0.717, 1.165) is 154 Å². The lowest BCUT2D eigenvalue weighted by Crippen LogP contribution is -2.40. The topological polar surface area (TPSA) is 108 Å². The molecule has 9 nitrogen and oxygen atoms in total. The van der Waals surface area contributed by atoms with Gasteiger partial charge in [-0.05, 0) is 128 Å². The number of likely N-dealkylation sites (N-methyl/N-ethyl adjacent to an activating group) is 1. The molecule has 0 aromatic carbocycles. The maximum atomic E-state index is 12.9. The van der Waals surface area contributed by atoms with Crippen LogP contribution in [0.4, 0.5) is 0 Å². The molecule has 79 heavy (non-hydrogen) atoms. The number of rotatable bonds is 53. The van der Waals surface area contributed by atoms with Crippen LogP contribution >= 0.6 is 0 Å². The number of quaternary nitrogens is 1. The predicted octanol–water partition coefficient (Wildman–Crippen LogP) is 18.3. The lowest BCUT2D eigenvalue weighted by molar-refractivity contribution is -0.870. The molecule has 442 valence electrons. The monoisotopic (exact) mass is 1090 g/mol. The minimum atomic E-state index is -1.53. The second kappa shape index (κ2) is 58.8. The summed E-state index contributed by atoms with van der Waals surface area (Å²) in [5.74, 6) is -2.08. The Balaban J connectivity index is 4.36. The van der Waals surface area contributed by atoms with Crippen LogP contribution in [-0.2, 0) is 33.3 Å². The average molecular weight is 1090 g/mol. The van der Waals surface area contributed by atoms with Gasteiger partial charge in [0.2, 0.25) is 0 Å². The van der Waals surface area contributed by atoms with Crippen LogP contribution in [0, 0.1) is 0 Å². The van der Waals surface area contributed by atoms with Crippen molar-refractivity contribution in [1.29, 1.82) is 0 Å². The smallest absolute Gasteiger partial charge is 0.361 e. The first kappa shape index (κ1) is 73.7. The number of carboxylic acids is 1. The quantitative estimate of drug-likeness (QED) is 0.0211. The number of ether oxygens (including phenoxy) is 4. The third-order valence-electron chi connectivity index (χ3n) is 12.0. The van der Waals surface area contributed by atoms with E-state index < -0.39 is 24.3 Å². The molecule has 0 aliphatic rings. The zero-order valence-electron chi connectivity index (χ0n) is 50.2. The van der Waals surface area contributed by atoms with Gasteiger partial charge >= 0.3 is 17.9 Å². The number of allylic oxidation sites excluding steroid dienone is 28. The SMILES string of the molecule is CC/C=C\C/C=C\C/C=C\C/C=C\C/C=C\C/C=C\C/C=C\C/C=C\C/C=C\CCCCCCCC(=O)OC(COC(=O)CCCCCCC/C=C\C/C=C\C/C=C\C/C=C\C/C=C\CC)COC(OCC[N+](C)(C)C)C(=O)O. The van der Waals surface area contributed by atoms with Crippen molar-refractivity contribution in [2.24, 2.45) is 0 Å². The highest BCUT2D eigenvalue weighted by atomic mass is 16.7. The highest BCUT2D eigenvalue weighted by Crippen LogP contribution is 2.13. The number of carboxylic acid groups (broad SMARTS) is 1. The molecule has 0 aromatic heterocycles. The Bertz CT molecular complexity index is 1900. The van der Waals surface area contributed by atoms with Crippen LogP contribution in [0.5, 0.6) is 0 Å². The number of unbranched alkanes of at least 4 members (excludes halogenated alkanes) is 10. The first-order valence-electron chi connectivity index (χ1n) is 30.3. The summed E-state index contributed by atoms with van der Waals surface area (Å²) in [5, 5.41) is 9.71. The van der Waals surface area contributed by atoms with E-state index in [2.05, 4.69) is 184 Å². The number of aliphatic carboxylic acids is 1. The molecule has 2 unspecified atom stereocenters. The lowest BCUT2D eigenvalue weighted by atomic mass is 10.1. The summed E-state index contributed by atoms with van der Waals surface area (Å²) in [7, 11) is 5.94. The molecular formula is C70H110NO8+. The normalized spacial score (nSPS) is 14.0. The van der Waals surface area contributed by atoms with Gasteiger partial charge in [0.15, 0.2) is 6.10 Å².